The number of amides is 1. The largest absolute Gasteiger partial charge is 0.355 e. The maximum atomic E-state index is 12.9. The summed E-state index contributed by atoms with van der Waals surface area (Å²) in [5.41, 5.74) is 1.22. The predicted molar refractivity (Wildman–Crippen MR) is 118 cm³/mol. The molecule has 0 saturated carbocycles. The summed E-state index contributed by atoms with van der Waals surface area (Å²) < 4.78 is 27.1. The van der Waals surface area contributed by atoms with Crippen molar-refractivity contribution in [1.29, 1.82) is 0 Å². The monoisotopic (exact) mass is 452 g/mol. The molecule has 0 spiro atoms. The second-order valence-electron chi connectivity index (χ2n) is 7.11. The molecule has 0 unspecified atom stereocenters. The van der Waals surface area contributed by atoms with Crippen LogP contribution >= 0.6 is 23.4 Å². The average Bonchev–Trinajstić information content (AvgIpc) is 2.73. The van der Waals surface area contributed by atoms with Crippen LogP contribution in [0.4, 0.5) is 0 Å². The highest BCUT2D eigenvalue weighted by atomic mass is 35.5. The molecule has 0 radical (unpaired) electrons. The summed E-state index contributed by atoms with van der Waals surface area (Å²) in [6.07, 6.45) is 1.37. The van der Waals surface area contributed by atoms with Crippen molar-refractivity contribution < 1.29 is 13.2 Å². The molecular weight excluding hydrogens is 428 g/mol. The zero-order chi connectivity index (χ0) is 20.9. The molecule has 156 valence electrons. The van der Waals surface area contributed by atoms with E-state index in [0.29, 0.717) is 31.0 Å². The number of nitrogens with zero attached hydrogens (tertiary/aromatic N) is 1. The summed E-state index contributed by atoms with van der Waals surface area (Å²) in [4.78, 5) is 13.9. The molecule has 1 aliphatic heterocycles. The first kappa shape index (κ1) is 22.2. The van der Waals surface area contributed by atoms with E-state index < -0.39 is 10.0 Å². The van der Waals surface area contributed by atoms with Gasteiger partial charge in [-0.3, -0.25) is 4.79 Å². The molecule has 2 aromatic carbocycles. The Bertz CT molecular complexity index is 931. The number of sulfonamides is 1. The van der Waals surface area contributed by atoms with Gasteiger partial charge in [-0.25, -0.2) is 8.42 Å². The van der Waals surface area contributed by atoms with E-state index in [4.69, 9.17) is 11.6 Å². The number of hydrogen-bond donors (Lipinski definition) is 1. The van der Waals surface area contributed by atoms with Crippen molar-refractivity contribution in [2.75, 3.05) is 25.4 Å². The van der Waals surface area contributed by atoms with E-state index >= 15 is 0 Å². The van der Waals surface area contributed by atoms with Gasteiger partial charge in [-0.2, -0.15) is 4.31 Å². The topological polar surface area (TPSA) is 66.5 Å². The lowest BCUT2D eigenvalue weighted by Gasteiger charge is -2.31. The Hall–Kier alpha value is -1.54. The van der Waals surface area contributed by atoms with Crippen LogP contribution in [0.15, 0.2) is 58.3 Å². The molecule has 29 heavy (non-hydrogen) atoms. The Labute approximate surface area is 181 Å². The highest BCUT2D eigenvalue weighted by Crippen LogP contribution is 2.25. The molecule has 2 aromatic rings. The summed E-state index contributed by atoms with van der Waals surface area (Å²) >= 11 is 7.54. The lowest BCUT2D eigenvalue weighted by atomic mass is 9.99. The van der Waals surface area contributed by atoms with Crippen molar-refractivity contribution in [2.24, 2.45) is 5.92 Å². The van der Waals surface area contributed by atoms with E-state index in [0.717, 1.165) is 5.75 Å². The maximum absolute atomic E-state index is 12.9. The Kier molecular flexibility index (Phi) is 7.62. The smallest absolute Gasteiger partial charge is 0.243 e. The number of piperidine rings is 1. The Morgan fingerprint density at radius 3 is 2.55 bits per heavy atom. The molecular formula is C21H25ClN2O3S2. The Balaban J connectivity index is 1.51. The number of thioether (sulfide) groups is 1. The fourth-order valence-electron chi connectivity index (χ4n) is 3.25. The van der Waals surface area contributed by atoms with Crippen molar-refractivity contribution in [3.63, 3.8) is 0 Å². The van der Waals surface area contributed by atoms with Gasteiger partial charge >= 0.3 is 0 Å². The predicted octanol–water partition coefficient (Wildman–Crippen LogP) is 3.96. The van der Waals surface area contributed by atoms with Gasteiger partial charge in [0.2, 0.25) is 15.9 Å². The Morgan fingerprint density at radius 1 is 1.17 bits per heavy atom. The first-order valence-electron chi connectivity index (χ1n) is 9.59. The van der Waals surface area contributed by atoms with Gasteiger partial charge in [0.25, 0.3) is 0 Å². The van der Waals surface area contributed by atoms with Crippen molar-refractivity contribution in [3.05, 3.63) is 59.1 Å². The molecule has 1 fully saturated rings. The van der Waals surface area contributed by atoms with Crippen molar-refractivity contribution >= 4 is 39.3 Å². The number of benzene rings is 2. The molecule has 1 atom stereocenters. The maximum Gasteiger partial charge on any atom is 0.243 e. The number of carbonyl (C=O) groups excluding carboxylic acids is 1. The third-order valence-electron chi connectivity index (χ3n) is 4.90. The van der Waals surface area contributed by atoms with E-state index in [-0.39, 0.29) is 23.3 Å². The standard InChI is InChI=1S/C21H25ClN2O3S2/c1-16-4-8-19(9-5-16)28-14-12-23-21(25)17-3-2-13-24(15-17)29(26,27)20-10-6-18(22)7-11-20/h4-11,17H,2-3,12-15H2,1H3,(H,23,25)/t17-/m1/s1. The van der Waals surface area contributed by atoms with Crippen LogP contribution in [0, 0.1) is 12.8 Å². The van der Waals surface area contributed by atoms with Crippen molar-refractivity contribution in [1.82, 2.24) is 9.62 Å². The van der Waals surface area contributed by atoms with Crippen LogP contribution in [0.25, 0.3) is 0 Å². The zero-order valence-electron chi connectivity index (χ0n) is 16.3. The minimum Gasteiger partial charge on any atom is -0.355 e. The normalized spacial score (nSPS) is 17.8. The number of rotatable bonds is 7. The molecule has 5 nitrogen and oxygen atoms in total. The van der Waals surface area contributed by atoms with E-state index in [2.05, 4.69) is 36.5 Å². The SMILES string of the molecule is Cc1ccc(SCCNC(=O)[C@@H]2CCCN(S(=O)(=O)c3ccc(Cl)cc3)C2)cc1. The molecule has 1 aliphatic rings. The molecule has 1 saturated heterocycles. The number of aryl methyl sites for hydroxylation is 1. The van der Waals surface area contributed by atoms with Gasteiger partial charge in [-0.1, -0.05) is 29.3 Å². The first-order valence-corrected chi connectivity index (χ1v) is 12.4. The fourth-order valence-corrected chi connectivity index (χ4v) is 5.67. The third kappa shape index (κ3) is 5.98. The molecule has 1 heterocycles. The van der Waals surface area contributed by atoms with Crippen molar-refractivity contribution in [3.8, 4) is 0 Å². The van der Waals surface area contributed by atoms with Crippen LogP contribution < -0.4 is 5.32 Å². The summed E-state index contributed by atoms with van der Waals surface area (Å²) in [7, 11) is -3.62. The summed E-state index contributed by atoms with van der Waals surface area (Å²) in [5, 5.41) is 3.44. The molecule has 1 amide bonds. The van der Waals surface area contributed by atoms with E-state index in [1.807, 2.05) is 0 Å². The minimum absolute atomic E-state index is 0.0782. The Morgan fingerprint density at radius 2 is 1.86 bits per heavy atom. The second kappa shape index (κ2) is 9.98. The van der Waals surface area contributed by atoms with Crippen molar-refractivity contribution in [2.45, 2.75) is 29.6 Å². The lowest BCUT2D eigenvalue weighted by molar-refractivity contribution is -0.125. The van der Waals surface area contributed by atoms with Crippen LogP contribution in [0.2, 0.25) is 5.02 Å². The molecule has 0 aromatic heterocycles. The van der Waals surface area contributed by atoms with E-state index in [9.17, 15) is 13.2 Å². The molecule has 3 rings (SSSR count). The lowest BCUT2D eigenvalue weighted by Crippen LogP contribution is -2.45. The van der Waals surface area contributed by atoms with Gasteiger partial charge in [0.15, 0.2) is 0 Å². The van der Waals surface area contributed by atoms with E-state index in [1.165, 1.54) is 26.9 Å². The summed E-state index contributed by atoms with van der Waals surface area (Å²) in [5.74, 6) is 0.370. The first-order chi connectivity index (χ1) is 13.9. The van der Waals surface area contributed by atoms with Crippen LogP contribution in [-0.2, 0) is 14.8 Å². The number of halogens is 1. The highest BCUT2D eigenvalue weighted by Gasteiger charge is 2.33. The molecule has 1 N–H and O–H groups in total. The van der Waals surface area contributed by atoms with Gasteiger partial charge in [0, 0.05) is 35.3 Å². The molecule has 0 aliphatic carbocycles. The van der Waals surface area contributed by atoms with Crippen LogP contribution in [0.3, 0.4) is 0 Å². The third-order valence-corrected chi connectivity index (χ3v) is 8.04. The number of carbonyl (C=O) groups is 1. The van der Waals surface area contributed by atoms with E-state index in [1.54, 1.807) is 23.9 Å². The summed E-state index contributed by atoms with van der Waals surface area (Å²) in [6.45, 7) is 3.24. The quantitative estimate of drug-likeness (QED) is 0.510. The molecule has 8 heteroatoms. The van der Waals surface area contributed by atoms with Gasteiger partial charge < -0.3 is 5.32 Å². The van der Waals surface area contributed by atoms with Crippen LogP contribution in [-0.4, -0.2) is 44.0 Å². The molecule has 0 bridgehead atoms. The van der Waals surface area contributed by atoms with Gasteiger partial charge in [0.1, 0.15) is 0 Å². The fraction of sp³-hybridized carbons (Fsp3) is 0.381. The van der Waals surface area contributed by atoms with Gasteiger partial charge in [-0.05, 0) is 56.2 Å². The number of nitrogens with one attached hydrogen (secondary N) is 1. The highest BCUT2D eigenvalue weighted by molar-refractivity contribution is 7.99. The number of hydrogen-bond acceptors (Lipinski definition) is 4. The van der Waals surface area contributed by atoms with Gasteiger partial charge in [-0.15, -0.1) is 11.8 Å². The zero-order valence-corrected chi connectivity index (χ0v) is 18.7. The van der Waals surface area contributed by atoms with Crippen LogP contribution in [0.5, 0.6) is 0 Å². The summed E-state index contributed by atoms with van der Waals surface area (Å²) in [6, 6.07) is 14.4. The second-order valence-corrected chi connectivity index (χ2v) is 10.7. The van der Waals surface area contributed by atoms with Crippen LogP contribution in [0.1, 0.15) is 18.4 Å². The average molecular weight is 453 g/mol. The van der Waals surface area contributed by atoms with Gasteiger partial charge in [0.05, 0.1) is 10.8 Å². The minimum atomic E-state index is -3.62.